The molecule has 186 valence electrons. The lowest BCUT2D eigenvalue weighted by Crippen LogP contribution is -2.21. The van der Waals surface area contributed by atoms with Crippen LogP contribution in [0.25, 0.3) is 11.3 Å². The van der Waals surface area contributed by atoms with Crippen molar-refractivity contribution >= 4 is 24.0 Å². The van der Waals surface area contributed by atoms with E-state index in [1.165, 1.54) is 11.6 Å². The lowest BCUT2D eigenvalue weighted by molar-refractivity contribution is 0.199. The van der Waals surface area contributed by atoms with Crippen LogP contribution in [0.15, 0.2) is 79.0 Å². The Morgan fingerprint density at radius 3 is 2.61 bits per heavy atom. The average molecular weight is 505 g/mol. The van der Waals surface area contributed by atoms with E-state index in [0.29, 0.717) is 24.5 Å². The van der Waals surface area contributed by atoms with Gasteiger partial charge in [0, 0.05) is 37.0 Å². The largest absolute Gasteiger partial charge is 0.383 e. The van der Waals surface area contributed by atoms with Crippen LogP contribution >= 0.6 is 12.4 Å². The first-order valence-corrected chi connectivity index (χ1v) is 12.0. The van der Waals surface area contributed by atoms with Crippen molar-refractivity contribution in [2.45, 2.75) is 18.8 Å². The lowest BCUT2D eigenvalue weighted by Gasteiger charge is -2.27. The number of benzene rings is 3. The minimum atomic E-state index is -0.177. The zero-order valence-electron chi connectivity index (χ0n) is 20.2. The highest BCUT2D eigenvalue weighted by molar-refractivity contribution is 5.85. The highest BCUT2D eigenvalue weighted by atomic mass is 35.5. The van der Waals surface area contributed by atoms with Gasteiger partial charge in [-0.25, -0.2) is 14.4 Å². The van der Waals surface area contributed by atoms with Crippen molar-refractivity contribution in [1.82, 2.24) is 15.3 Å². The topological polar surface area (TPSA) is 59.1 Å². The molecule has 0 fully saturated rings. The summed E-state index contributed by atoms with van der Waals surface area (Å²) in [4.78, 5) is 9.48. The summed E-state index contributed by atoms with van der Waals surface area (Å²) >= 11 is 0. The Bertz CT molecular complexity index is 1320. The first kappa shape index (κ1) is 25.8. The van der Waals surface area contributed by atoms with Crippen LogP contribution in [0.1, 0.15) is 28.2 Å². The second-order valence-electron chi connectivity index (χ2n) is 8.75. The minimum Gasteiger partial charge on any atom is -0.383 e. The highest BCUT2D eigenvalue weighted by Crippen LogP contribution is 2.42. The smallest absolute Gasteiger partial charge is 0.227 e. The van der Waals surface area contributed by atoms with Gasteiger partial charge in [-0.2, -0.15) is 0 Å². The highest BCUT2D eigenvalue weighted by Gasteiger charge is 2.28. The molecule has 0 aliphatic heterocycles. The quantitative estimate of drug-likeness (QED) is 0.277. The zero-order chi connectivity index (χ0) is 24.0. The van der Waals surface area contributed by atoms with E-state index >= 15 is 0 Å². The standard InChI is InChI=1S/C29H29FN4O.ClH/c1-35-16-15-31-14-13-20-7-6-8-22(17-20)33-29-32-19-21-18-26(24-10-4-5-12-27(24)30)23-9-2-3-11-25(23)28(21)34-29;/h2-12,17,19,26,31H,13-16,18H2,1H3,(H,32,33,34);1H. The van der Waals surface area contributed by atoms with E-state index in [2.05, 4.69) is 39.9 Å². The molecule has 1 aromatic heterocycles. The molecule has 0 spiro atoms. The van der Waals surface area contributed by atoms with Gasteiger partial charge in [-0.05, 0) is 59.8 Å². The van der Waals surface area contributed by atoms with Crippen molar-refractivity contribution in [2.75, 3.05) is 32.1 Å². The number of aromatic nitrogens is 2. The number of nitrogens with one attached hydrogen (secondary N) is 2. The second-order valence-corrected chi connectivity index (χ2v) is 8.75. The molecule has 1 aliphatic rings. The maximum atomic E-state index is 14.7. The van der Waals surface area contributed by atoms with Crippen LogP contribution in [0, 0.1) is 5.82 Å². The second kappa shape index (κ2) is 12.1. The first-order chi connectivity index (χ1) is 17.2. The van der Waals surface area contributed by atoms with E-state index in [-0.39, 0.29) is 24.1 Å². The van der Waals surface area contributed by atoms with E-state index < -0.39 is 0 Å². The number of hydrogen-bond donors (Lipinski definition) is 2. The number of rotatable bonds is 9. The van der Waals surface area contributed by atoms with Crippen LogP contribution in [-0.2, 0) is 17.6 Å². The number of hydrogen-bond acceptors (Lipinski definition) is 5. The molecule has 0 saturated carbocycles. The van der Waals surface area contributed by atoms with Gasteiger partial charge in [0.15, 0.2) is 0 Å². The molecule has 0 radical (unpaired) electrons. The Balaban J connectivity index is 0.00000304. The summed E-state index contributed by atoms with van der Waals surface area (Å²) < 4.78 is 19.7. The fraction of sp³-hybridized carbons (Fsp3) is 0.241. The van der Waals surface area contributed by atoms with Gasteiger partial charge in [-0.3, -0.25) is 0 Å². The van der Waals surface area contributed by atoms with Crippen molar-refractivity contribution in [1.29, 1.82) is 0 Å². The number of ether oxygens (including phenoxy) is 1. The molecule has 2 N–H and O–H groups in total. The molecular formula is C29H30ClFN4O. The molecule has 7 heteroatoms. The maximum Gasteiger partial charge on any atom is 0.227 e. The predicted octanol–water partition coefficient (Wildman–Crippen LogP) is 5.91. The summed E-state index contributed by atoms with van der Waals surface area (Å²) in [5.74, 6) is 0.318. The van der Waals surface area contributed by atoms with E-state index in [0.717, 1.165) is 47.6 Å². The molecule has 4 aromatic rings. The molecule has 0 saturated heterocycles. The summed E-state index contributed by atoms with van der Waals surface area (Å²) in [6, 6.07) is 23.5. The SMILES string of the molecule is COCCNCCc1cccc(Nc2ncc3c(n2)-c2ccccc2C(c2ccccc2F)C3)c1.Cl. The summed E-state index contributed by atoms with van der Waals surface area (Å²) in [5.41, 5.74) is 6.95. The summed E-state index contributed by atoms with van der Waals surface area (Å²) in [5, 5.41) is 6.74. The van der Waals surface area contributed by atoms with Crippen molar-refractivity contribution in [3.63, 3.8) is 0 Å². The maximum absolute atomic E-state index is 14.7. The van der Waals surface area contributed by atoms with E-state index in [4.69, 9.17) is 9.72 Å². The molecule has 5 rings (SSSR count). The van der Waals surface area contributed by atoms with Gasteiger partial charge < -0.3 is 15.4 Å². The summed E-state index contributed by atoms with van der Waals surface area (Å²) in [6.45, 7) is 2.44. The first-order valence-electron chi connectivity index (χ1n) is 12.0. The zero-order valence-corrected chi connectivity index (χ0v) is 21.0. The number of halogens is 2. The van der Waals surface area contributed by atoms with Crippen LogP contribution in [0.5, 0.6) is 0 Å². The average Bonchev–Trinajstić information content (AvgIpc) is 2.89. The van der Waals surface area contributed by atoms with Gasteiger partial charge in [0.2, 0.25) is 5.95 Å². The predicted molar refractivity (Wildman–Crippen MR) is 145 cm³/mol. The fourth-order valence-corrected chi connectivity index (χ4v) is 4.70. The number of anilines is 2. The molecule has 1 unspecified atom stereocenters. The van der Waals surface area contributed by atoms with Gasteiger partial charge >= 0.3 is 0 Å². The summed E-state index contributed by atoms with van der Waals surface area (Å²) in [6.07, 6.45) is 3.46. The van der Waals surface area contributed by atoms with Crippen molar-refractivity contribution in [3.05, 3.63) is 107 Å². The molecule has 5 nitrogen and oxygen atoms in total. The van der Waals surface area contributed by atoms with E-state index in [1.54, 1.807) is 13.2 Å². The van der Waals surface area contributed by atoms with Gasteiger partial charge in [0.05, 0.1) is 12.3 Å². The Hall–Kier alpha value is -3.32. The number of nitrogens with zero attached hydrogens (tertiary/aromatic N) is 2. The van der Waals surface area contributed by atoms with E-state index in [1.807, 2.05) is 42.6 Å². The normalized spacial score (nSPS) is 13.9. The molecule has 0 bridgehead atoms. The van der Waals surface area contributed by atoms with Gasteiger partial charge in [-0.15, -0.1) is 12.4 Å². The van der Waals surface area contributed by atoms with Crippen molar-refractivity contribution in [3.8, 4) is 11.3 Å². The Morgan fingerprint density at radius 1 is 0.972 bits per heavy atom. The molecule has 1 atom stereocenters. The third-order valence-electron chi connectivity index (χ3n) is 6.42. The number of fused-ring (bicyclic) bond motifs is 3. The van der Waals surface area contributed by atoms with Gasteiger partial charge in [-0.1, -0.05) is 54.6 Å². The van der Waals surface area contributed by atoms with Gasteiger partial charge in [0.1, 0.15) is 5.82 Å². The molecule has 1 aliphatic carbocycles. The Labute approximate surface area is 217 Å². The molecule has 0 amide bonds. The summed E-state index contributed by atoms with van der Waals surface area (Å²) in [7, 11) is 1.71. The molecular weight excluding hydrogens is 475 g/mol. The minimum absolute atomic E-state index is 0. The Kier molecular flexibility index (Phi) is 8.65. The van der Waals surface area contributed by atoms with Crippen molar-refractivity contribution in [2.24, 2.45) is 0 Å². The van der Waals surface area contributed by atoms with Crippen LogP contribution in [0.2, 0.25) is 0 Å². The monoisotopic (exact) mass is 504 g/mol. The van der Waals surface area contributed by atoms with Crippen LogP contribution in [-0.4, -0.2) is 36.8 Å². The Morgan fingerprint density at radius 2 is 1.78 bits per heavy atom. The molecule has 36 heavy (non-hydrogen) atoms. The van der Waals surface area contributed by atoms with E-state index in [9.17, 15) is 4.39 Å². The third kappa shape index (κ3) is 5.73. The van der Waals surface area contributed by atoms with Gasteiger partial charge in [0.25, 0.3) is 0 Å². The van der Waals surface area contributed by atoms with Crippen LogP contribution in [0.4, 0.5) is 16.0 Å². The fourth-order valence-electron chi connectivity index (χ4n) is 4.70. The number of methoxy groups -OCH3 is 1. The molecule has 1 heterocycles. The third-order valence-corrected chi connectivity index (χ3v) is 6.42. The van der Waals surface area contributed by atoms with Crippen molar-refractivity contribution < 1.29 is 9.13 Å². The molecule has 3 aromatic carbocycles. The lowest BCUT2D eigenvalue weighted by atomic mass is 9.78. The van der Waals surface area contributed by atoms with Crippen LogP contribution in [0.3, 0.4) is 0 Å². The van der Waals surface area contributed by atoms with Crippen LogP contribution < -0.4 is 10.6 Å².